The van der Waals surface area contributed by atoms with Gasteiger partial charge in [0.1, 0.15) is 0 Å². The van der Waals surface area contributed by atoms with Crippen LogP contribution >= 0.6 is 11.8 Å². The lowest BCUT2D eigenvalue weighted by Gasteiger charge is -2.13. The Morgan fingerprint density at radius 3 is 2.11 bits per heavy atom. The zero-order valence-corrected chi connectivity index (χ0v) is 7.42. The molecule has 0 bridgehead atoms. The molecule has 0 radical (unpaired) electrons. The minimum Gasteiger partial charge on any atom is -0.159 e. The first-order chi connectivity index (χ1) is 4.18. The number of hydrogen-bond donors (Lipinski definition) is 0. The van der Waals surface area contributed by atoms with Gasteiger partial charge in [0.25, 0.3) is 0 Å². The van der Waals surface area contributed by atoms with Gasteiger partial charge in [0.05, 0.1) is 0 Å². The minimum absolute atomic E-state index is 0.730. The van der Waals surface area contributed by atoms with Crippen LogP contribution in [0, 0.1) is 5.92 Å². The highest BCUT2D eigenvalue weighted by Gasteiger charge is 2.41. The zero-order chi connectivity index (χ0) is 6.91. The van der Waals surface area contributed by atoms with Crippen LogP contribution in [-0.2, 0) is 0 Å². The van der Waals surface area contributed by atoms with Crippen molar-refractivity contribution in [1.82, 2.24) is 0 Å². The Kier molecular flexibility index (Phi) is 2.10. The van der Waals surface area contributed by atoms with Gasteiger partial charge in [-0.15, -0.1) is 0 Å². The van der Waals surface area contributed by atoms with E-state index in [9.17, 15) is 0 Å². The van der Waals surface area contributed by atoms with Crippen molar-refractivity contribution in [1.29, 1.82) is 0 Å². The predicted molar refractivity (Wildman–Crippen MR) is 44.9 cm³/mol. The van der Waals surface area contributed by atoms with E-state index in [-0.39, 0.29) is 0 Å². The summed E-state index contributed by atoms with van der Waals surface area (Å²) in [5.41, 5.74) is 0. The van der Waals surface area contributed by atoms with Crippen molar-refractivity contribution in [3.63, 3.8) is 0 Å². The predicted octanol–water partition coefficient (Wildman–Crippen LogP) is 2.93. The Balaban J connectivity index is 2.25. The first-order valence-electron chi connectivity index (χ1n) is 3.74. The molecule has 1 aliphatic carbocycles. The monoisotopic (exact) mass is 144 g/mol. The van der Waals surface area contributed by atoms with Gasteiger partial charge in [-0.3, -0.25) is 0 Å². The molecule has 0 saturated heterocycles. The van der Waals surface area contributed by atoms with E-state index >= 15 is 0 Å². The van der Waals surface area contributed by atoms with E-state index in [0.717, 1.165) is 10.7 Å². The fourth-order valence-corrected chi connectivity index (χ4v) is 2.39. The normalized spacial score (nSPS) is 22.7. The average molecular weight is 144 g/mol. The molecular weight excluding hydrogens is 128 g/mol. The molecule has 54 valence electrons. The van der Waals surface area contributed by atoms with Gasteiger partial charge in [-0.05, 0) is 31.4 Å². The standard InChI is InChI=1S/C8H16S/c1-7(2)6-8(9-3)4-5-8/h7H,4-6H2,1-3H3. The average Bonchev–Trinajstić information content (AvgIpc) is 2.48. The molecular formula is C8H16S. The first kappa shape index (κ1) is 7.46. The third-order valence-corrected chi connectivity index (χ3v) is 3.46. The summed E-state index contributed by atoms with van der Waals surface area (Å²) in [5, 5.41) is 0. The van der Waals surface area contributed by atoms with E-state index in [2.05, 4.69) is 31.9 Å². The molecule has 0 nitrogen and oxygen atoms in total. The van der Waals surface area contributed by atoms with Gasteiger partial charge in [-0.1, -0.05) is 13.8 Å². The Morgan fingerprint density at radius 1 is 1.44 bits per heavy atom. The van der Waals surface area contributed by atoms with Crippen molar-refractivity contribution in [3.8, 4) is 0 Å². The van der Waals surface area contributed by atoms with E-state index < -0.39 is 0 Å². The highest BCUT2D eigenvalue weighted by atomic mass is 32.2. The second kappa shape index (κ2) is 2.53. The summed E-state index contributed by atoms with van der Waals surface area (Å²) in [6, 6.07) is 0. The van der Waals surface area contributed by atoms with Gasteiger partial charge in [0.2, 0.25) is 0 Å². The van der Waals surface area contributed by atoms with Crippen LogP contribution in [0.25, 0.3) is 0 Å². The molecule has 1 saturated carbocycles. The summed E-state index contributed by atoms with van der Waals surface area (Å²) in [5.74, 6) is 0.889. The molecule has 0 heterocycles. The Bertz CT molecular complexity index is 92.7. The molecule has 9 heavy (non-hydrogen) atoms. The largest absolute Gasteiger partial charge is 0.159 e. The fourth-order valence-electron chi connectivity index (χ4n) is 1.38. The van der Waals surface area contributed by atoms with E-state index in [1.807, 2.05) is 0 Å². The highest BCUT2D eigenvalue weighted by Crippen LogP contribution is 2.51. The van der Waals surface area contributed by atoms with Crippen LogP contribution in [0.3, 0.4) is 0 Å². The Hall–Kier alpha value is 0.350. The molecule has 0 N–H and O–H groups in total. The maximum atomic E-state index is 2.32. The molecule has 1 rings (SSSR count). The topological polar surface area (TPSA) is 0 Å². The van der Waals surface area contributed by atoms with Crippen LogP contribution in [0.5, 0.6) is 0 Å². The van der Waals surface area contributed by atoms with Crippen LogP contribution in [0.4, 0.5) is 0 Å². The summed E-state index contributed by atoms with van der Waals surface area (Å²) in [4.78, 5) is 0. The molecule has 0 unspecified atom stereocenters. The van der Waals surface area contributed by atoms with E-state index in [4.69, 9.17) is 0 Å². The molecule has 0 aromatic heterocycles. The highest BCUT2D eigenvalue weighted by molar-refractivity contribution is 8.00. The second-order valence-electron chi connectivity index (χ2n) is 3.49. The van der Waals surface area contributed by atoms with Gasteiger partial charge in [0, 0.05) is 4.75 Å². The maximum absolute atomic E-state index is 2.32. The van der Waals surface area contributed by atoms with Crippen molar-refractivity contribution in [2.75, 3.05) is 6.26 Å². The molecule has 0 aromatic rings. The van der Waals surface area contributed by atoms with E-state index in [1.54, 1.807) is 0 Å². The van der Waals surface area contributed by atoms with Crippen LogP contribution < -0.4 is 0 Å². The summed E-state index contributed by atoms with van der Waals surface area (Å²) in [6.07, 6.45) is 6.60. The maximum Gasteiger partial charge on any atom is 0.0160 e. The van der Waals surface area contributed by atoms with Crippen molar-refractivity contribution in [3.05, 3.63) is 0 Å². The molecule has 0 aromatic carbocycles. The van der Waals surface area contributed by atoms with E-state index in [1.165, 1.54) is 19.3 Å². The zero-order valence-electron chi connectivity index (χ0n) is 6.61. The quantitative estimate of drug-likeness (QED) is 0.587. The van der Waals surface area contributed by atoms with Gasteiger partial charge in [-0.25, -0.2) is 0 Å². The summed E-state index contributed by atoms with van der Waals surface area (Å²) >= 11 is 2.07. The first-order valence-corrected chi connectivity index (χ1v) is 4.96. The molecule has 0 aliphatic heterocycles. The van der Waals surface area contributed by atoms with Crippen molar-refractivity contribution in [2.24, 2.45) is 5.92 Å². The summed E-state index contributed by atoms with van der Waals surface area (Å²) < 4.78 is 0.730. The van der Waals surface area contributed by atoms with Crippen LogP contribution in [-0.4, -0.2) is 11.0 Å². The molecule has 1 heteroatoms. The van der Waals surface area contributed by atoms with E-state index in [0.29, 0.717) is 0 Å². The lowest BCUT2D eigenvalue weighted by atomic mass is 10.1. The smallest absolute Gasteiger partial charge is 0.0160 e. The lowest BCUT2D eigenvalue weighted by molar-refractivity contribution is 0.564. The van der Waals surface area contributed by atoms with Gasteiger partial charge in [0.15, 0.2) is 0 Å². The molecule has 0 amide bonds. The van der Waals surface area contributed by atoms with Crippen LogP contribution in [0.15, 0.2) is 0 Å². The lowest BCUT2D eigenvalue weighted by Crippen LogP contribution is -2.05. The van der Waals surface area contributed by atoms with Gasteiger partial charge < -0.3 is 0 Å². The Morgan fingerprint density at radius 2 is 2.00 bits per heavy atom. The number of hydrogen-bond acceptors (Lipinski definition) is 1. The van der Waals surface area contributed by atoms with Crippen molar-refractivity contribution in [2.45, 2.75) is 37.9 Å². The van der Waals surface area contributed by atoms with Crippen LogP contribution in [0.2, 0.25) is 0 Å². The van der Waals surface area contributed by atoms with Crippen molar-refractivity contribution >= 4 is 11.8 Å². The molecule has 0 spiro atoms. The third kappa shape index (κ3) is 1.89. The molecule has 1 fully saturated rings. The van der Waals surface area contributed by atoms with Gasteiger partial charge >= 0.3 is 0 Å². The second-order valence-corrected chi connectivity index (χ2v) is 4.76. The summed E-state index contributed by atoms with van der Waals surface area (Å²) in [7, 11) is 0. The fraction of sp³-hybridized carbons (Fsp3) is 1.00. The third-order valence-electron chi connectivity index (χ3n) is 2.02. The molecule has 0 atom stereocenters. The number of rotatable bonds is 3. The van der Waals surface area contributed by atoms with Gasteiger partial charge in [-0.2, -0.15) is 11.8 Å². The van der Waals surface area contributed by atoms with Crippen LogP contribution in [0.1, 0.15) is 33.1 Å². The molecule has 1 aliphatic rings. The minimum atomic E-state index is 0.730. The Labute approximate surface area is 62.4 Å². The van der Waals surface area contributed by atoms with Crippen molar-refractivity contribution < 1.29 is 0 Å². The summed E-state index contributed by atoms with van der Waals surface area (Å²) in [6.45, 7) is 4.63. The number of thioether (sulfide) groups is 1. The SMILES string of the molecule is CSC1(CC(C)C)CC1.